The Hall–Kier alpha value is -2.62. The average molecular weight is 323 g/mol. The van der Waals surface area contributed by atoms with Crippen molar-refractivity contribution in [3.8, 4) is 5.75 Å². The van der Waals surface area contributed by atoms with Gasteiger partial charge in [-0.25, -0.2) is 0 Å². The smallest absolute Gasteiger partial charge is 0.311 e. The van der Waals surface area contributed by atoms with Gasteiger partial charge in [-0.3, -0.25) is 9.59 Å². The largest absolute Gasteiger partial charge is 0.427 e. The second kappa shape index (κ2) is 7.30. The molecule has 2 atom stereocenters. The number of rotatable bonds is 5. The number of hydrogen-bond donors (Lipinski definition) is 1. The number of carbonyl (C=O) groups is 2. The molecule has 0 aliphatic carbocycles. The van der Waals surface area contributed by atoms with E-state index >= 15 is 0 Å². The van der Waals surface area contributed by atoms with Crippen molar-refractivity contribution < 1.29 is 14.3 Å². The second-order valence-corrected chi connectivity index (χ2v) is 6.22. The molecule has 0 bridgehead atoms. The summed E-state index contributed by atoms with van der Waals surface area (Å²) in [5.74, 6) is 0.232. The predicted octanol–water partition coefficient (Wildman–Crippen LogP) is 3.35. The Morgan fingerprint density at radius 1 is 1.17 bits per heavy atom. The molecule has 0 radical (unpaired) electrons. The molecule has 124 valence electrons. The highest BCUT2D eigenvalue weighted by molar-refractivity contribution is 5.79. The minimum atomic E-state index is -0.284. The lowest BCUT2D eigenvalue weighted by molar-refractivity contribution is -0.135. The maximum Gasteiger partial charge on any atom is 0.311 e. The van der Waals surface area contributed by atoms with E-state index in [0.717, 1.165) is 12.0 Å². The molecular weight excluding hydrogens is 302 g/mol. The van der Waals surface area contributed by atoms with Crippen molar-refractivity contribution in [3.05, 3.63) is 65.7 Å². The van der Waals surface area contributed by atoms with E-state index in [0.29, 0.717) is 12.2 Å². The SMILES string of the molecule is Cc1ccc(C(CC(=O)Oc2ccccc2)C2CCC(=O)N2)cc1. The molecule has 0 aromatic heterocycles. The Kier molecular flexibility index (Phi) is 4.94. The summed E-state index contributed by atoms with van der Waals surface area (Å²) in [6, 6.07) is 17.1. The summed E-state index contributed by atoms with van der Waals surface area (Å²) in [5.41, 5.74) is 2.22. The molecule has 24 heavy (non-hydrogen) atoms. The van der Waals surface area contributed by atoms with Crippen LogP contribution < -0.4 is 10.1 Å². The quantitative estimate of drug-likeness (QED) is 0.678. The van der Waals surface area contributed by atoms with Gasteiger partial charge >= 0.3 is 5.97 Å². The van der Waals surface area contributed by atoms with Gasteiger partial charge in [-0.2, -0.15) is 0 Å². The predicted molar refractivity (Wildman–Crippen MR) is 91.8 cm³/mol. The summed E-state index contributed by atoms with van der Waals surface area (Å²) in [5, 5.41) is 2.99. The maximum atomic E-state index is 12.4. The molecule has 3 rings (SSSR count). The van der Waals surface area contributed by atoms with E-state index in [1.54, 1.807) is 12.1 Å². The molecule has 0 spiro atoms. The lowest BCUT2D eigenvalue weighted by atomic mass is 9.87. The zero-order chi connectivity index (χ0) is 16.9. The summed E-state index contributed by atoms with van der Waals surface area (Å²) in [7, 11) is 0. The van der Waals surface area contributed by atoms with Crippen LogP contribution in [0.15, 0.2) is 54.6 Å². The summed E-state index contributed by atoms with van der Waals surface area (Å²) >= 11 is 0. The van der Waals surface area contributed by atoms with Crippen LogP contribution in [0.1, 0.15) is 36.3 Å². The third-order valence-electron chi connectivity index (χ3n) is 4.38. The van der Waals surface area contributed by atoms with Gasteiger partial charge in [0.1, 0.15) is 5.75 Å². The van der Waals surface area contributed by atoms with Gasteiger partial charge in [-0.15, -0.1) is 0 Å². The molecule has 0 saturated carbocycles. The molecule has 1 N–H and O–H groups in total. The standard InChI is InChI=1S/C20H21NO3/c1-14-7-9-15(10-8-14)17(18-11-12-19(22)21-18)13-20(23)24-16-5-3-2-4-6-16/h2-10,17-18H,11-13H2,1H3,(H,21,22). The van der Waals surface area contributed by atoms with E-state index in [4.69, 9.17) is 4.74 Å². The summed E-state index contributed by atoms with van der Waals surface area (Å²) in [6.07, 6.45) is 1.50. The minimum Gasteiger partial charge on any atom is -0.427 e. The van der Waals surface area contributed by atoms with Gasteiger partial charge in [0.05, 0.1) is 6.42 Å². The van der Waals surface area contributed by atoms with E-state index in [2.05, 4.69) is 5.32 Å². The Balaban J connectivity index is 1.75. The van der Waals surface area contributed by atoms with Gasteiger partial charge in [0.15, 0.2) is 0 Å². The van der Waals surface area contributed by atoms with E-state index in [1.165, 1.54) is 5.56 Å². The van der Waals surface area contributed by atoms with Crippen LogP contribution in [-0.4, -0.2) is 17.9 Å². The molecule has 2 aromatic carbocycles. The summed E-state index contributed by atoms with van der Waals surface area (Å²) < 4.78 is 5.42. The highest BCUT2D eigenvalue weighted by Crippen LogP contribution is 2.30. The first-order chi connectivity index (χ1) is 11.6. The molecule has 2 aromatic rings. The maximum absolute atomic E-state index is 12.4. The topological polar surface area (TPSA) is 55.4 Å². The highest BCUT2D eigenvalue weighted by Gasteiger charge is 2.31. The zero-order valence-corrected chi connectivity index (χ0v) is 13.7. The van der Waals surface area contributed by atoms with Gasteiger partial charge in [0.2, 0.25) is 5.91 Å². The first-order valence-corrected chi connectivity index (χ1v) is 8.23. The number of benzene rings is 2. The van der Waals surface area contributed by atoms with Gasteiger partial charge in [-0.1, -0.05) is 48.0 Å². The van der Waals surface area contributed by atoms with Gasteiger partial charge in [0, 0.05) is 18.4 Å². The van der Waals surface area contributed by atoms with Gasteiger partial charge in [0.25, 0.3) is 0 Å². The van der Waals surface area contributed by atoms with Crippen LogP contribution in [0.3, 0.4) is 0 Å². The van der Waals surface area contributed by atoms with Crippen molar-refractivity contribution in [2.45, 2.75) is 38.1 Å². The number of amides is 1. The second-order valence-electron chi connectivity index (χ2n) is 6.22. The van der Waals surface area contributed by atoms with Crippen molar-refractivity contribution in [2.24, 2.45) is 0 Å². The van der Waals surface area contributed by atoms with Crippen molar-refractivity contribution in [2.75, 3.05) is 0 Å². The number of nitrogens with one attached hydrogen (secondary N) is 1. The zero-order valence-electron chi connectivity index (χ0n) is 13.7. The number of ether oxygens (including phenoxy) is 1. The minimum absolute atomic E-state index is 0.0245. The fourth-order valence-corrected chi connectivity index (χ4v) is 3.09. The highest BCUT2D eigenvalue weighted by atomic mass is 16.5. The van der Waals surface area contributed by atoms with E-state index < -0.39 is 0 Å². The fourth-order valence-electron chi connectivity index (χ4n) is 3.09. The van der Waals surface area contributed by atoms with Crippen LogP contribution in [-0.2, 0) is 9.59 Å². The third kappa shape index (κ3) is 4.02. The van der Waals surface area contributed by atoms with Gasteiger partial charge in [-0.05, 0) is 31.0 Å². The van der Waals surface area contributed by atoms with Gasteiger partial charge < -0.3 is 10.1 Å². The fraction of sp³-hybridized carbons (Fsp3) is 0.300. The first-order valence-electron chi connectivity index (χ1n) is 8.23. The normalized spacial score (nSPS) is 18.0. The number of aryl methyl sites for hydroxylation is 1. The lowest BCUT2D eigenvalue weighted by Gasteiger charge is -2.23. The monoisotopic (exact) mass is 323 g/mol. The number of para-hydroxylation sites is 1. The summed E-state index contributed by atoms with van der Waals surface area (Å²) in [6.45, 7) is 2.03. The van der Waals surface area contributed by atoms with Crippen LogP contribution in [0.4, 0.5) is 0 Å². The number of esters is 1. The average Bonchev–Trinajstić information content (AvgIpc) is 3.01. The Morgan fingerprint density at radius 2 is 1.88 bits per heavy atom. The Labute approximate surface area is 141 Å². The lowest BCUT2D eigenvalue weighted by Crippen LogP contribution is -2.33. The molecule has 1 aliphatic heterocycles. The first kappa shape index (κ1) is 16.2. The molecule has 1 saturated heterocycles. The molecule has 1 amide bonds. The van der Waals surface area contributed by atoms with Crippen molar-refractivity contribution in [1.29, 1.82) is 0 Å². The van der Waals surface area contributed by atoms with E-state index in [1.807, 2.05) is 49.4 Å². The van der Waals surface area contributed by atoms with Crippen molar-refractivity contribution in [1.82, 2.24) is 5.32 Å². The molecule has 1 heterocycles. The van der Waals surface area contributed by atoms with Crippen LogP contribution in [0, 0.1) is 6.92 Å². The van der Waals surface area contributed by atoms with Crippen LogP contribution in [0.5, 0.6) is 5.75 Å². The Bertz CT molecular complexity index is 709. The Morgan fingerprint density at radius 3 is 2.50 bits per heavy atom. The number of hydrogen-bond acceptors (Lipinski definition) is 3. The third-order valence-corrected chi connectivity index (χ3v) is 4.38. The van der Waals surface area contributed by atoms with E-state index in [-0.39, 0.29) is 30.3 Å². The molecule has 1 fully saturated rings. The summed E-state index contributed by atoms with van der Waals surface area (Å²) in [4.78, 5) is 24.0. The molecular formula is C20H21NO3. The van der Waals surface area contributed by atoms with Crippen molar-refractivity contribution >= 4 is 11.9 Å². The van der Waals surface area contributed by atoms with E-state index in [9.17, 15) is 9.59 Å². The van der Waals surface area contributed by atoms with Crippen molar-refractivity contribution in [3.63, 3.8) is 0 Å². The number of carbonyl (C=O) groups excluding carboxylic acids is 2. The van der Waals surface area contributed by atoms with Crippen LogP contribution in [0.25, 0.3) is 0 Å². The molecule has 4 nitrogen and oxygen atoms in total. The molecule has 2 unspecified atom stereocenters. The van der Waals surface area contributed by atoms with Crippen LogP contribution in [0.2, 0.25) is 0 Å². The van der Waals surface area contributed by atoms with Crippen LogP contribution >= 0.6 is 0 Å². The molecule has 4 heteroatoms. The molecule has 1 aliphatic rings.